The van der Waals surface area contributed by atoms with E-state index in [1.54, 1.807) is 24.4 Å². The predicted octanol–water partition coefficient (Wildman–Crippen LogP) is 1.90. The van der Waals surface area contributed by atoms with Gasteiger partial charge in [0.25, 0.3) is 0 Å². The fourth-order valence-electron chi connectivity index (χ4n) is 1.36. The van der Waals surface area contributed by atoms with Gasteiger partial charge in [-0.15, -0.1) is 0 Å². The standard InChI is InChI=1S/C10H10FN3/c1-7-6-14(10(12)13-7)9-5-3-2-4-8(9)11/h2-6H,1H3,(H2,12,13). The molecule has 0 saturated heterocycles. The lowest BCUT2D eigenvalue weighted by Crippen LogP contribution is -2.01. The number of aromatic nitrogens is 2. The summed E-state index contributed by atoms with van der Waals surface area (Å²) in [5, 5.41) is 0. The molecule has 0 aliphatic rings. The van der Waals surface area contributed by atoms with Gasteiger partial charge in [-0.25, -0.2) is 9.37 Å². The third kappa shape index (κ3) is 1.35. The quantitative estimate of drug-likeness (QED) is 0.748. The lowest BCUT2D eigenvalue weighted by Gasteiger charge is -2.04. The first-order valence-electron chi connectivity index (χ1n) is 4.25. The van der Waals surface area contributed by atoms with Gasteiger partial charge in [0.1, 0.15) is 5.82 Å². The Morgan fingerprint density at radius 3 is 2.64 bits per heavy atom. The second-order valence-electron chi connectivity index (χ2n) is 3.06. The van der Waals surface area contributed by atoms with Gasteiger partial charge in [-0.05, 0) is 19.1 Å². The van der Waals surface area contributed by atoms with Crippen LogP contribution in [0.15, 0.2) is 30.5 Å². The van der Waals surface area contributed by atoms with Crippen LogP contribution in [0.3, 0.4) is 0 Å². The van der Waals surface area contributed by atoms with E-state index in [1.165, 1.54) is 10.6 Å². The van der Waals surface area contributed by atoms with E-state index in [0.29, 0.717) is 11.6 Å². The van der Waals surface area contributed by atoms with Gasteiger partial charge < -0.3 is 5.73 Å². The molecule has 0 spiro atoms. The molecule has 2 aromatic rings. The highest BCUT2D eigenvalue weighted by Gasteiger charge is 2.07. The largest absolute Gasteiger partial charge is 0.369 e. The average Bonchev–Trinajstić information content (AvgIpc) is 2.46. The summed E-state index contributed by atoms with van der Waals surface area (Å²) in [5.41, 5.74) is 6.82. The molecule has 0 saturated carbocycles. The number of halogens is 1. The van der Waals surface area contributed by atoms with Crippen molar-refractivity contribution in [3.8, 4) is 5.69 Å². The minimum Gasteiger partial charge on any atom is -0.369 e. The average molecular weight is 191 g/mol. The van der Waals surface area contributed by atoms with Crippen molar-refractivity contribution >= 4 is 5.95 Å². The second kappa shape index (κ2) is 3.14. The van der Waals surface area contributed by atoms with E-state index in [0.717, 1.165) is 5.69 Å². The molecule has 0 radical (unpaired) electrons. The van der Waals surface area contributed by atoms with Crippen molar-refractivity contribution in [3.05, 3.63) is 42.0 Å². The number of hydrogen-bond donors (Lipinski definition) is 1. The van der Waals surface area contributed by atoms with Crippen molar-refractivity contribution in [1.82, 2.24) is 9.55 Å². The number of nitrogens with two attached hydrogens (primary N) is 1. The molecular weight excluding hydrogens is 181 g/mol. The summed E-state index contributed by atoms with van der Waals surface area (Å²) in [4.78, 5) is 4.00. The number of para-hydroxylation sites is 1. The molecule has 3 nitrogen and oxygen atoms in total. The van der Waals surface area contributed by atoms with Crippen LogP contribution < -0.4 is 5.73 Å². The smallest absolute Gasteiger partial charge is 0.205 e. The van der Waals surface area contributed by atoms with Crippen LogP contribution in [0.4, 0.5) is 10.3 Å². The highest BCUT2D eigenvalue weighted by molar-refractivity contribution is 5.41. The Morgan fingerprint density at radius 2 is 2.07 bits per heavy atom. The molecular formula is C10H10FN3. The molecule has 0 atom stereocenters. The maximum Gasteiger partial charge on any atom is 0.205 e. The number of benzene rings is 1. The molecule has 0 aliphatic carbocycles. The maximum absolute atomic E-state index is 13.4. The highest BCUT2D eigenvalue weighted by atomic mass is 19.1. The van der Waals surface area contributed by atoms with Crippen molar-refractivity contribution < 1.29 is 4.39 Å². The Bertz CT molecular complexity index is 462. The summed E-state index contributed by atoms with van der Waals surface area (Å²) in [6.45, 7) is 1.81. The SMILES string of the molecule is Cc1cn(-c2ccccc2F)c(N)n1. The van der Waals surface area contributed by atoms with Crippen LogP contribution in [-0.2, 0) is 0 Å². The fraction of sp³-hybridized carbons (Fsp3) is 0.100. The summed E-state index contributed by atoms with van der Waals surface area (Å²) in [6.07, 6.45) is 1.70. The molecule has 0 unspecified atom stereocenters. The van der Waals surface area contributed by atoms with Crippen LogP contribution in [0.2, 0.25) is 0 Å². The molecule has 1 aromatic heterocycles. The minimum absolute atomic E-state index is 0.299. The predicted molar refractivity (Wildman–Crippen MR) is 52.7 cm³/mol. The summed E-state index contributed by atoms with van der Waals surface area (Å²) >= 11 is 0. The number of anilines is 1. The van der Waals surface area contributed by atoms with Crippen LogP contribution >= 0.6 is 0 Å². The Labute approximate surface area is 81.0 Å². The Kier molecular flexibility index (Phi) is 1.96. The molecule has 2 N–H and O–H groups in total. The number of aryl methyl sites for hydroxylation is 1. The van der Waals surface area contributed by atoms with Crippen LogP contribution in [-0.4, -0.2) is 9.55 Å². The zero-order valence-corrected chi connectivity index (χ0v) is 7.74. The van der Waals surface area contributed by atoms with Crippen molar-refractivity contribution in [2.45, 2.75) is 6.92 Å². The van der Waals surface area contributed by atoms with E-state index in [-0.39, 0.29) is 5.82 Å². The van der Waals surface area contributed by atoms with Crippen molar-refractivity contribution in [3.63, 3.8) is 0 Å². The second-order valence-corrected chi connectivity index (χ2v) is 3.06. The number of imidazole rings is 1. The van der Waals surface area contributed by atoms with Gasteiger partial charge in [0.2, 0.25) is 5.95 Å². The van der Waals surface area contributed by atoms with Crippen LogP contribution in [0.1, 0.15) is 5.69 Å². The monoisotopic (exact) mass is 191 g/mol. The first-order chi connectivity index (χ1) is 6.68. The Balaban J connectivity index is 2.60. The lowest BCUT2D eigenvalue weighted by molar-refractivity contribution is 0.619. The molecule has 0 amide bonds. The zero-order valence-electron chi connectivity index (χ0n) is 7.74. The molecule has 1 aromatic carbocycles. The Hall–Kier alpha value is -1.84. The van der Waals surface area contributed by atoms with Gasteiger partial charge in [0.05, 0.1) is 11.4 Å². The summed E-state index contributed by atoms with van der Waals surface area (Å²) in [7, 11) is 0. The van der Waals surface area contributed by atoms with Crippen LogP contribution in [0.5, 0.6) is 0 Å². The van der Waals surface area contributed by atoms with Crippen molar-refractivity contribution in [1.29, 1.82) is 0 Å². The van der Waals surface area contributed by atoms with Crippen LogP contribution in [0, 0.1) is 12.7 Å². The third-order valence-electron chi connectivity index (χ3n) is 1.97. The van der Waals surface area contributed by atoms with Gasteiger partial charge in [-0.3, -0.25) is 4.57 Å². The van der Waals surface area contributed by atoms with Gasteiger partial charge in [-0.1, -0.05) is 12.1 Å². The minimum atomic E-state index is -0.309. The first kappa shape index (κ1) is 8.74. The number of nitrogen functional groups attached to an aromatic ring is 1. The van der Waals surface area contributed by atoms with Crippen molar-refractivity contribution in [2.24, 2.45) is 0 Å². The summed E-state index contributed by atoms with van der Waals surface area (Å²) in [6, 6.07) is 6.45. The van der Waals surface area contributed by atoms with E-state index in [1.807, 2.05) is 6.92 Å². The van der Waals surface area contributed by atoms with Gasteiger partial charge in [0, 0.05) is 6.20 Å². The lowest BCUT2D eigenvalue weighted by atomic mass is 10.3. The van der Waals surface area contributed by atoms with E-state index >= 15 is 0 Å². The molecule has 4 heteroatoms. The van der Waals surface area contributed by atoms with E-state index < -0.39 is 0 Å². The van der Waals surface area contributed by atoms with Gasteiger partial charge >= 0.3 is 0 Å². The molecule has 0 aliphatic heterocycles. The summed E-state index contributed by atoms with van der Waals surface area (Å²) in [5.74, 6) is -0.01000. The fourth-order valence-corrected chi connectivity index (χ4v) is 1.36. The number of rotatable bonds is 1. The zero-order chi connectivity index (χ0) is 10.1. The van der Waals surface area contributed by atoms with Gasteiger partial charge in [-0.2, -0.15) is 0 Å². The third-order valence-corrected chi connectivity index (χ3v) is 1.97. The molecule has 1 heterocycles. The first-order valence-corrected chi connectivity index (χ1v) is 4.25. The highest BCUT2D eigenvalue weighted by Crippen LogP contribution is 2.16. The van der Waals surface area contributed by atoms with Crippen LogP contribution in [0.25, 0.3) is 5.69 Å². The van der Waals surface area contributed by atoms with Crippen molar-refractivity contribution in [2.75, 3.05) is 5.73 Å². The molecule has 72 valence electrons. The Morgan fingerprint density at radius 1 is 1.36 bits per heavy atom. The van der Waals surface area contributed by atoms with Gasteiger partial charge in [0.15, 0.2) is 0 Å². The topological polar surface area (TPSA) is 43.8 Å². The number of nitrogens with zero attached hydrogens (tertiary/aromatic N) is 2. The van der Waals surface area contributed by atoms with E-state index in [4.69, 9.17) is 5.73 Å². The van der Waals surface area contributed by atoms with E-state index in [2.05, 4.69) is 4.98 Å². The molecule has 14 heavy (non-hydrogen) atoms. The molecule has 0 fully saturated rings. The normalized spacial score (nSPS) is 10.4. The summed E-state index contributed by atoms with van der Waals surface area (Å²) < 4.78 is 14.9. The van der Waals surface area contributed by atoms with E-state index in [9.17, 15) is 4.39 Å². The number of hydrogen-bond acceptors (Lipinski definition) is 2. The molecule has 0 bridgehead atoms. The maximum atomic E-state index is 13.4. The molecule has 2 rings (SSSR count).